The monoisotopic (exact) mass is 392 g/mol. The van der Waals surface area contributed by atoms with Crippen LogP contribution in [0.5, 0.6) is 0 Å². The summed E-state index contributed by atoms with van der Waals surface area (Å²) in [5, 5.41) is 0.246. The highest BCUT2D eigenvalue weighted by Crippen LogP contribution is 2.32. The number of sulfonamides is 1. The molecule has 0 aliphatic carbocycles. The summed E-state index contributed by atoms with van der Waals surface area (Å²) >= 11 is 5.82. The summed E-state index contributed by atoms with van der Waals surface area (Å²) in [5.41, 5.74) is -0.776. The second-order valence-electron chi connectivity index (χ2n) is 6.24. The van der Waals surface area contributed by atoms with Crippen LogP contribution in [0.15, 0.2) is 59.5 Å². The first-order chi connectivity index (χ1) is 12.2. The molecule has 2 aromatic carbocycles. The molecule has 1 aliphatic heterocycles. The predicted molar refractivity (Wildman–Crippen MR) is 97.3 cm³/mol. The Bertz CT molecular complexity index is 962. The van der Waals surface area contributed by atoms with Gasteiger partial charge in [0.2, 0.25) is 0 Å². The molecule has 1 aliphatic rings. The van der Waals surface area contributed by atoms with Crippen LogP contribution >= 0.6 is 11.6 Å². The fourth-order valence-corrected chi connectivity index (χ4v) is 4.16. The quantitative estimate of drug-likeness (QED) is 0.866. The minimum atomic E-state index is -4.08. The van der Waals surface area contributed by atoms with Crippen LogP contribution in [0.25, 0.3) is 0 Å². The molecule has 0 bridgehead atoms. The average molecular weight is 393 g/mol. The van der Waals surface area contributed by atoms with Crippen LogP contribution in [0, 0.1) is 0 Å². The summed E-state index contributed by atoms with van der Waals surface area (Å²) < 4.78 is 26.9. The van der Waals surface area contributed by atoms with Gasteiger partial charge in [-0.25, -0.2) is 13.1 Å². The number of halogens is 1. The fraction of sp³-hybridized carbons (Fsp3) is 0.222. The van der Waals surface area contributed by atoms with E-state index in [0.717, 1.165) is 0 Å². The molecule has 8 heteroatoms. The molecule has 1 heterocycles. The zero-order valence-electron chi connectivity index (χ0n) is 14.0. The minimum Gasteiger partial charge on any atom is -0.324 e. The second kappa shape index (κ2) is 6.74. The van der Waals surface area contributed by atoms with E-state index in [9.17, 15) is 18.0 Å². The van der Waals surface area contributed by atoms with Gasteiger partial charge in [0.1, 0.15) is 5.54 Å². The number of benzene rings is 2. The van der Waals surface area contributed by atoms with Crippen LogP contribution in [0.1, 0.15) is 23.7 Å². The van der Waals surface area contributed by atoms with Gasteiger partial charge in [-0.3, -0.25) is 9.59 Å². The Morgan fingerprint density at radius 3 is 2.38 bits per heavy atom. The molecule has 3 rings (SSSR count). The topological polar surface area (TPSA) is 83.6 Å². The Morgan fingerprint density at radius 2 is 1.81 bits per heavy atom. The molecule has 1 unspecified atom stereocenters. The predicted octanol–water partition coefficient (Wildman–Crippen LogP) is 2.45. The number of nitrogens with one attached hydrogen (secondary N) is 1. The average Bonchev–Trinajstić information content (AvgIpc) is 2.60. The summed E-state index contributed by atoms with van der Waals surface area (Å²) in [6.07, 6.45) is 0.377. The van der Waals surface area contributed by atoms with E-state index in [-0.39, 0.29) is 15.8 Å². The minimum absolute atomic E-state index is 0.109. The standard InChI is InChI=1S/C18H17ClN2O4S/c1-18(10-11-21(18)16(22)13-6-3-2-4-7-13)17(23)20-26(24,25)15-9-5-8-14(19)12-15/h2-9,12H,10-11H2,1H3,(H,20,23). The summed E-state index contributed by atoms with van der Waals surface area (Å²) in [5.74, 6) is -1.05. The van der Waals surface area contributed by atoms with Crippen LogP contribution in [0.2, 0.25) is 5.02 Å². The van der Waals surface area contributed by atoms with Crippen LogP contribution in [0.3, 0.4) is 0 Å². The zero-order valence-corrected chi connectivity index (χ0v) is 15.5. The Balaban J connectivity index is 1.80. The first-order valence-corrected chi connectivity index (χ1v) is 9.80. The number of carbonyl (C=O) groups is 2. The maximum atomic E-state index is 12.6. The first-order valence-electron chi connectivity index (χ1n) is 7.94. The van der Waals surface area contributed by atoms with Crippen molar-refractivity contribution in [3.05, 3.63) is 65.2 Å². The Labute approximate surface area is 156 Å². The molecule has 1 saturated heterocycles. The third-order valence-corrected chi connectivity index (χ3v) is 6.07. The van der Waals surface area contributed by atoms with Gasteiger partial charge in [0.15, 0.2) is 0 Å². The van der Waals surface area contributed by atoms with E-state index in [2.05, 4.69) is 4.72 Å². The van der Waals surface area contributed by atoms with Crippen molar-refractivity contribution in [2.45, 2.75) is 23.8 Å². The van der Waals surface area contributed by atoms with Gasteiger partial charge in [0, 0.05) is 17.1 Å². The van der Waals surface area contributed by atoms with Crippen LogP contribution in [0.4, 0.5) is 0 Å². The van der Waals surface area contributed by atoms with E-state index in [0.29, 0.717) is 18.5 Å². The molecule has 0 radical (unpaired) electrons. The van der Waals surface area contributed by atoms with Crippen molar-refractivity contribution >= 4 is 33.4 Å². The maximum absolute atomic E-state index is 12.6. The fourth-order valence-electron chi connectivity index (χ4n) is 2.78. The molecule has 0 saturated carbocycles. The number of amides is 2. The molecule has 0 aromatic heterocycles. The smallest absolute Gasteiger partial charge is 0.264 e. The van der Waals surface area contributed by atoms with Gasteiger partial charge >= 0.3 is 0 Å². The van der Waals surface area contributed by atoms with Crippen molar-refractivity contribution in [2.75, 3.05) is 6.54 Å². The van der Waals surface area contributed by atoms with Crippen molar-refractivity contribution in [3.63, 3.8) is 0 Å². The molecule has 136 valence electrons. The van der Waals surface area contributed by atoms with E-state index < -0.39 is 21.5 Å². The zero-order chi connectivity index (χ0) is 18.9. The maximum Gasteiger partial charge on any atom is 0.264 e. The second-order valence-corrected chi connectivity index (χ2v) is 8.36. The number of hydrogen-bond donors (Lipinski definition) is 1. The number of rotatable bonds is 4. The largest absolute Gasteiger partial charge is 0.324 e. The van der Waals surface area contributed by atoms with E-state index in [4.69, 9.17) is 11.6 Å². The molecular weight excluding hydrogens is 376 g/mol. The van der Waals surface area contributed by atoms with Crippen molar-refractivity contribution in [1.82, 2.24) is 9.62 Å². The number of nitrogens with zero attached hydrogens (tertiary/aromatic N) is 1. The van der Waals surface area contributed by atoms with Gasteiger partial charge in [-0.1, -0.05) is 35.9 Å². The Morgan fingerprint density at radius 1 is 1.12 bits per heavy atom. The first kappa shape index (κ1) is 18.4. The van der Waals surface area contributed by atoms with E-state index >= 15 is 0 Å². The summed E-state index contributed by atoms with van der Waals surface area (Å²) in [4.78, 5) is 26.5. The van der Waals surface area contributed by atoms with Crippen molar-refractivity contribution in [1.29, 1.82) is 0 Å². The van der Waals surface area contributed by atoms with Crippen molar-refractivity contribution in [3.8, 4) is 0 Å². The summed E-state index contributed by atoms with van der Waals surface area (Å²) in [6.45, 7) is 1.94. The summed E-state index contributed by atoms with van der Waals surface area (Å²) in [7, 11) is -4.08. The molecule has 6 nitrogen and oxygen atoms in total. The third kappa shape index (κ3) is 3.32. The van der Waals surface area contributed by atoms with Crippen LogP contribution in [-0.2, 0) is 14.8 Å². The van der Waals surface area contributed by atoms with Gasteiger partial charge in [0.05, 0.1) is 4.90 Å². The van der Waals surface area contributed by atoms with Gasteiger partial charge < -0.3 is 4.90 Å². The highest BCUT2D eigenvalue weighted by molar-refractivity contribution is 7.90. The van der Waals surface area contributed by atoms with Crippen molar-refractivity contribution < 1.29 is 18.0 Å². The Kier molecular flexibility index (Phi) is 4.77. The number of likely N-dealkylation sites (tertiary alicyclic amines) is 1. The number of hydrogen-bond acceptors (Lipinski definition) is 4. The molecule has 0 spiro atoms. The van der Waals surface area contributed by atoms with E-state index in [1.165, 1.54) is 29.2 Å². The van der Waals surface area contributed by atoms with Gasteiger partial charge in [0.25, 0.3) is 21.8 Å². The lowest BCUT2D eigenvalue weighted by Gasteiger charge is -2.48. The third-order valence-electron chi connectivity index (χ3n) is 4.51. The van der Waals surface area contributed by atoms with Crippen LogP contribution < -0.4 is 4.72 Å². The van der Waals surface area contributed by atoms with Gasteiger partial charge in [-0.15, -0.1) is 0 Å². The molecule has 2 amide bonds. The van der Waals surface area contributed by atoms with E-state index in [1.807, 2.05) is 0 Å². The Hall–Kier alpha value is -2.38. The molecule has 2 aromatic rings. The van der Waals surface area contributed by atoms with Gasteiger partial charge in [-0.2, -0.15) is 0 Å². The van der Waals surface area contributed by atoms with Crippen molar-refractivity contribution in [2.24, 2.45) is 0 Å². The lowest BCUT2D eigenvalue weighted by Crippen LogP contribution is -2.67. The lowest BCUT2D eigenvalue weighted by molar-refractivity contribution is -0.135. The van der Waals surface area contributed by atoms with Gasteiger partial charge in [-0.05, 0) is 43.7 Å². The molecule has 26 heavy (non-hydrogen) atoms. The molecule has 1 atom stereocenters. The summed E-state index contributed by atoms with van der Waals surface area (Å²) in [6, 6.07) is 14.2. The molecule has 1 N–H and O–H groups in total. The SMILES string of the molecule is CC1(C(=O)NS(=O)(=O)c2cccc(Cl)c2)CCN1C(=O)c1ccccc1. The normalized spacial score (nSPS) is 19.5. The highest BCUT2D eigenvalue weighted by atomic mass is 35.5. The molecular formula is C18H17ClN2O4S. The number of carbonyl (C=O) groups excluding carboxylic acids is 2. The molecule has 1 fully saturated rings. The lowest BCUT2D eigenvalue weighted by atomic mass is 9.85. The van der Waals surface area contributed by atoms with E-state index in [1.54, 1.807) is 37.3 Å². The van der Waals surface area contributed by atoms with Crippen LogP contribution in [-0.4, -0.2) is 37.2 Å². The highest BCUT2D eigenvalue weighted by Gasteiger charge is 2.50.